The van der Waals surface area contributed by atoms with Gasteiger partial charge in [-0.3, -0.25) is 0 Å². The Morgan fingerprint density at radius 2 is 2.06 bits per heavy atom. The van der Waals surface area contributed by atoms with Crippen LogP contribution in [0.3, 0.4) is 0 Å². The zero-order valence-electron chi connectivity index (χ0n) is 8.41. The van der Waals surface area contributed by atoms with Crippen molar-refractivity contribution in [1.82, 2.24) is 10.5 Å². The molecule has 1 aromatic carbocycles. The van der Waals surface area contributed by atoms with Crippen molar-refractivity contribution >= 4 is 23.2 Å². The maximum Gasteiger partial charge on any atom is 0.124 e. The van der Waals surface area contributed by atoms with E-state index in [2.05, 4.69) is 10.5 Å². The Bertz CT molecular complexity index is 457. The second kappa shape index (κ2) is 5.34. The van der Waals surface area contributed by atoms with E-state index in [0.29, 0.717) is 23.1 Å². The molecule has 0 aliphatic rings. The molecule has 2 aromatic rings. The first kappa shape index (κ1) is 11.5. The average Bonchev–Trinajstić information content (AvgIpc) is 2.74. The molecule has 0 atom stereocenters. The number of hydrogen-bond acceptors (Lipinski definition) is 3. The third kappa shape index (κ3) is 2.98. The van der Waals surface area contributed by atoms with E-state index in [0.717, 1.165) is 11.3 Å². The first-order chi connectivity index (χ1) is 7.75. The normalized spacial score (nSPS) is 10.6. The number of aromatic nitrogens is 1. The molecule has 16 heavy (non-hydrogen) atoms. The average molecular weight is 257 g/mol. The first-order valence-electron chi connectivity index (χ1n) is 4.79. The van der Waals surface area contributed by atoms with E-state index in [-0.39, 0.29) is 0 Å². The van der Waals surface area contributed by atoms with Gasteiger partial charge in [0.05, 0.1) is 5.69 Å². The number of nitrogens with one attached hydrogen (secondary N) is 1. The lowest BCUT2D eigenvalue weighted by Crippen LogP contribution is -2.13. The standard InChI is InChI=1S/C11H10Cl2N2O/c12-9-2-1-8(11(13)5-9)6-14-7-10-3-4-16-15-10/h1-5,14H,6-7H2. The fourth-order valence-electron chi connectivity index (χ4n) is 1.32. The van der Waals surface area contributed by atoms with Gasteiger partial charge in [-0.2, -0.15) is 0 Å². The SMILES string of the molecule is Clc1ccc(CNCc2ccon2)c(Cl)c1. The summed E-state index contributed by atoms with van der Waals surface area (Å²) in [5.74, 6) is 0. The summed E-state index contributed by atoms with van der Waals surface area (Å²) in [6.07, 6.45) is 1.55. The van der Waals surface area contributed by atoms with Crippen LogP contribution < -0.4 is 5.32 Å². The third-order valence-electron chi connectivity index (χ3n) is 2.13. The van der Waals surface area contributed by atoms with Gasteiger partial charge in [0.25, 0.3) is 0 Å². The monoisotopic (exact) mass is 256 g/mol. The van der Waals surface area contributed by atoms with Crippen molar-refractivity contribution in [3.8, 4) is 0 Å². The van der Waals surface area contributed by atoms with Gasteiger partial charge in [-0.05, 0) is 17.7 Å². The summed E-state index contributed by atoms with van der Waals surface area (Å²) in [6.45, 7) is 1.32. The molecular formula is C11H10Cl2N2O. The fraction of sp³-hybridized carbons (Fsp3) is 0.182. The van der Waals surface area contributed by atoms with Gasteiger partial charge in [-0.1, -0.05) is 34.4 Å². The zero-order chi connectivity index (χ0) is 11.4. The van der Waals surface area contributed by atoms with Crippen LogP contribution in [0.25, 0.3) is 0 Å². The quantitative estimate of drug-likeness (QED) is 0.913. The summed E-state index contributed by atoms with van der Waals surface area (Å²) in [5.41, 5.74) is 1.87. The Hall–Kier alpha value is -1.03. The molecule has 0 radical (unpaired) electrons. The van der Waals surface area contributed by atoms with Gasteiger partial charge in [0, 0.05) is 29.2 Å². The van der Waals surface area contributed by atoms with Crippen molar-refractivity contribution in [3.63, 3.8) is 0 Å². The largest absolute Gasteiger partial charge is 0.364 e. The highest BCUT2D eigenvalue weighted by atomic mass is 35.5. The number of nitrogens with zero attached hydrogens (tertiary/aromatic N) is 1. The van der Waals surface area contributed by atoms with Crippen LogP contribution >= 0.6 is 23.2 Å². The molecular weight excluding hydrogens is 247 g/mol. The second-order valence-corrected chi connectivity index (χ2v) is 4.17. The van der Waals surface area contributed by atoms with Crippen LogP contribution in [0.15, 0.2) is 35.1 Å². The van der Waals surface area contributed by atoms with E-state index in [4.69, 9.17) is 27.7 Å². The van der Waals surface area contributed by atoms with Gasteiger partial charge in [0.1, 0.15) is 6.26 Å². The van der Waals surface area contributed by atoms with E-state index in [9.17, 15) is 0 Å². The van der Waals surface area contributed by atoms with Crippen LogP contribution in [-0.4, -0.2) is 5.16 Å². The lowest BCUT2D eigenvalue weighted by molar-refractivity contribution is 0.408. The van der Waals surface area contributed by atoms with Crippen molar-refractivity contribution in [1.29, 1.82) is 0 Å². The second-order valence-electron chi connectivity index (χ2n) is 3.33. The summed E-state index contributed by atoms with van der Waals surface area (Å²) in [7, 11) is 0. The predicted octanol–water partition coefficient (Wildman–Crippen LogP) is 3.27. The van der Waals surface area contributed by atoms with Crippen molar-refractivity contribution < 1.29 is 4.52 Å². The molecule has 0 bridgehead atoms. The highest BCUT2D eigenvalue weighted by Gasteiger charge is 2.01. The number of halogens is 2. The Morgan fingerprint density at radius 1 is 1.19 bits per heavy atom. The molecule has 1 aromatic heterocycles. The van der Waals surface area contributed by atoms with Crippen molar-refractivity contribution in [2.75, 3.05) is 0 Å². The molecule has 0 saturated heterocycles. The molecule has 0 unspecified atom stereocenters. The minimum absolute atomic E-state index is 0.644. The van der Waals surface area contributed by atoms with Crippen molar-refractivity contribution in [2.24, 2.45) is 0 Å². The Labute approximate surface area is 103 Å². The number of benzene rings is 1. The summed E-state index contributed by atoms with van der Waals surface area (Å²) in [5, 5.41) is 8.32. The van der Waals surface area contributed by atoms with Crippen LogP contribution in [0.1, 0.15) is 11.3 Å². The van der Waals surface area contributed by atoms with E-state index in [1.807, 2.05) is 18.2 Å². The summed E-state index contributed by atoms with van der Waals surface area (Å²) in [4.78, 5) is 0. The van der Waals surface area contributed by atoms with Gasteiger partial charge in [-0.25, -0.2) is 0 Å². The molecule has 0 amide bonds. The van der Waals surface area contributed by atoms with Crippen LogP contribution in [0.4, 0.5) is 0 Å². The first-order valence-corrected chi connectivity index (χ1v) is 5.55. The van der Waals surface area contributed by atoms with Gasteiger partial charge in [0.15, 0.2) is 0 Å². The van der Waals surface area contributed by atoms with Gasteiger partial charge in [0.2, 0.25) is 0 Å². The van der Waals surface area contributed by atoms with Crippen LogP contribution in [0.2, 0.25) is 10.0 Å². The molecule has 3 nitrogen and oxygen atoms in total. The highest BCUT2D eigenvalue weighted by molar-refractivity contribution is 6.35. The topological polar surface area (TPSA) is 38.1 Å². The lowest BCUT2D eigenvalue weighted by Gasteiger charge is -2.05. The van der Waals surface area contributed by atoms with E-state index in [1.54, 1.807) is 12.3 Å². The fourth-order valence-corrected chi connectivity index (χ4v) is 1.79. The summed E-state index contributed by atoms with van der Waals surface area (Å²) >= 11 is 11.8. The molecule has 5 heteroatoms. The van der Waals surface area contributed by atoms with Crippen molar-refractivity contribution in [2.45, 2.75) is 13.1 Å². The molecule has 1 N–H and O–H groups in total. The molecule has 0 spiro atoms. The van der Waals surface area contributed by atoms with Crippen molar-refractivity contribution in [3.05, 3.63) is 51.8 Å². The van der Waals surface area contributed by atoms with E-state index >= 15 is 0 Å². The van der Waals surface area contributed by atoms with Crippen LogP contribution in [0.5, 0.6) is 0 Å². The zero-order valence-corrected chi connectivity index (χ0v) is 9.92. The molecule has 0 saturated carbocycles. The number of rotatable bonds is 4. The van der Waals surface area contributed by atoms with Crippen LogP contribution in [0, 0.1) is 0 Å². The Balaban J connectivity index is 1.90. The minimum atomic E-state index is 0.644. The van der Waals surface area contributed by atoms with Gasteiger partial charge < -0.3 is 9.84 Å². The summed E-state index contributed by atoms with van der Waals surface area (Å²) in [6, 6.07) is 7.27. The molecule has 0 aliphatic carbocycles. The molecule has 2 rings (SSSR count). The third-order valence-corrected chi connectivity index (χ3v) is 2.71. The molecule has 0 fully saturated rings. The predicted molar refractivity (Wildman–Crippen MR) is 63.5 cm³/mol. The van der Waals surface area contributed by atoms with E-state index < -0.39 is 0 Å². The van der Waals surface area contributed by atoms with Crippen LogP contribution in [-0.2, 0) is 13.1 Å². The molecule has 84 valence electrons. The summed E-state index contributed by atoms with van der Waals surface area (Å²) < 4.78 is 4.72. The smallest absolute Gasteiger partial charge is 0.124 e. The lowest BCUT2D eigenvalue weighted by atomic mass is 10.2. The van der Waals surface area contributed by atoms with Gasteiger partial charge >= 0.3 is 0 Å². The number of hydrogen-bond donors (Lipinski definition) is 1. The van der Waals surface area contributed by atoms with E-state index in [1.165, 1.54) is 0 Å². The highest BCUT2D eigenvalue weighted by Crippen LogP contribution is 2.20. The maximum atomic E-state index is 6.03. The molecule has 1 heterocycles. The Kier molecular flexibility index (Phi) is 3.83. The molecule has 0 aliphatic heterocycles. The van der Waals surface area contributed by atoms with Gasteiger partial charge in [-0.15, -0.1) is 0 Å². The Morgan fingerprint density at radius 3 is 2.75 bits per heavy atom. The maximum absolute atomic E-state index is 6.03. The minimum Gasteiger partial charge on any atom is -0.364 e.